The quantitative estimate of drug-likeness (QED) is 0.621. The molecule has 0 bridgehead atoms. The molecule has 1 fully saturated rings. The standard InChI is InChI=1S/C16H13NOS2/c1-11-3-2-4-13(9-11)15(18)14(16-19-10-20-16)12-5-7-17-8-6-12/h2-9H,10H2,1H3. The minimum absolute atomic E-state index is 0.0922. The molecule has 0 aliphatic carbocycles. The summed E-state index contributed by atoms with van der Waals surface area (Å²) in [5, 5.41) is 1.02. The van der Waals surface area contributed by atoms with Crippen molar-refractivity contribution in [1.29, 1.82) is 0 Å². The fourth-order valence-electron chi connectivity index (χ4n) is 2.05. The molecule has 3 rings (SSSR count). The Balaban J connectivity index is 2.06. The highest BCUT2D eigenvalue weighted by Gasteiger charge is 2.24. The average Bonchev–Trinajstić information content (AvgIpc) is 2.43. The van der Waals surface area contributed by atoms with Crippen molar-refractivity contribution in [3.8, 4) is 0 Å². The molecule has 4 heteroatoms. The molecule has 0 amide bonds. The van der Waals surface area contributed by atoms with E-state index in [0.29, 0.717) is 0 Å². The number of rotatable bonds is 3. The first-order valence-electron chi connectivity index (χ1n) is 6.27. The lowest BCUT2D eigenvalue weighted by Gasteiger charge is -2.20. The van der Waals surface area contributed by atoms with Crippen LogP contribution in [0, 0.1) is 6.92 Å². The number of ketones is 1. The van der Waals surface area contributed by atoms with Crippen LogP contribution in [0.15, 0.2) is 53.0 Å². The van der Waals surface area contributed by atoms with E-state index >= 15 is 0 Å². The number of aryl methyl sites for hydroxylation is 1. The summed E-state index contributed by atoms with van der Waals surface area (Å²) in [6.45, 7) is 2.00. The number of benzene rings is 1. The van der Waals surface area contributed by atoms with Gasteiger partial charge in [-0.1, -0.05) is 23.8 Å². The van der Waals surface area contributed by atoms with Gasteiger partial charge in [0.25, 0.3) is 0 Å². The molecule has 1 aliphatic heterocycles. The van der Waals surface area contributed by atoms with Gasteiger partial charge in [-0.2, -0.15) is 0 Å². The van der Waals surface area contributed by atoms with Crippen LogP contribution in [0.5, 0.6) is 0 Å². The van der Waals surface area contributed by atoms with Gasteiger partial charge in [-0.25, -0.2) is 0 Å². The fourth-order valence-corrected chi connectivity index (χ4v) is 3.71. The van der Waals surface area contributed by atoms with Crippen molar-refractivity contribution < 1.29 is 4.79 Å². The van der Waals surface area contributed by atoms with Gasteiger partial charge in [0, 0.05) is 28.6 Å². The molecule has 1 aromatic heterocycles. The van der Waals surface area contributed by atoms with Gasteiger partial charge < -0.3 is 0 Å². The predicted molar refractivity (Wildman–Crippen MR) is 86.7 cm³/mol. The molecule has 2 heterocycles. The molecule has 0 radical (unpaired) electrons. The van der Waals surface area contributed by atoms with Crippen LogP contribution in [-0.2, 0) is 0 Å². The number of hydrogen-bond acceptors (Lipinski definition) is 4. The van der Waals surface area contributed by atoms with Crippen LogP contribution in [0.4, 0.5) is 0 Å². The molecule has 0 unspecified atom stereocenters. The zero-order chi connectivity index (χ0) is 13.9. The highest BCUT2D eigenvalue weighted by molar-refractivity contribution is 8.37. The molecule has 0 N–H and O–H groups in total. The van der Waals surface area contributed by atoms with E-state index in [-0.39, 0.29) is 5.78 Å². The molecule has 2 aromatic rings. The van der Waals surface area contributed by atoms with Gasteiger partial charge in [-0.05, 0) is 30.7 Å². The van der Waals surface area contributed by atoms with Gasteiger partial charge in [0.05, 0.1) is 4.24 Å². The number of carbonyl (C=O) groups excluding carboxylic acids is 1. The molecule has 1 aliphatic rings. The van der Waals surface area contributed by atoms with Crippen LogP contribution in [0.25, 0.3) is 5.57 Å². The lowest BCUT2D eigenvalue weighted by molar-refractivity contribution is 0.105. The maximum Gasteiger partial charge on any atom is 0.195 e. The number of nitrogens with zero attached hydrogens (tertiary/aromatic N) is 1. The zero-order valence-electron chi connectivity index (χ0n) is 11.0. The minimum atomic E-state index is 0.0922. The molecule has 0 atom stereocenters. The van der Waals surface area contributed by atoms with Gasteiger partial charge >= 0.3 is 0 Å². The SMILES string of the molecule is Cc1cccc(C(=O)C(=C2SCS2)c2ccncc2)c1. The highest BCUT2D eigenvalue weighted by atomic mass is 32.3. The summed E-state index contributed by atoms with van der Waals surface area (Å²) in [7, 11) is 0. The first-order chi connectivity index (χ1) is 9.75. The van der Waals surface area contributed by atoms with Crippen molar-refractivity contribution in [2.75, 3.05) is 5.08 Å². The first-order valence-corrected chi connectivity index (χ1v) is 8.24. The number of hydrogen-bond donors (Lipinski definition) is 0. The van der Waals surface area contributed by atoms with Crippen molar-refractivity contribution in [2.24, 2.45) is 0 Å². The monoisotopic (exact) mass is 299 g/mol. The Kier molecular flexibility index (Phi) is 3.94. The molecule has 1 saturated heterocycles. The van der Waals surface area contributed by atoms with Gasteiger partial charge in [-0.3, -0.25) is 9.78 Å². The number of aromatic nitrogens is 1. The van der Waals surface area contributed by atoms with Crippen molar-refractivity contribution in [3.63, 3.8) is 0 Å². The summed E-state index contributed by atoms with van der Waals surface area (Å²) >= 11 is 3.47. The van der Waals surface area contributed by atoms with Gasteiger partial charge in [-0.15, -0.1) is 23.5 Å². The van der Waals surface area contributed by atoms with Crippen LogP contribution in [0.1, 0.15) is 21.5 Å². The van der Waals surface area contributed by atoms with Gasteiger partial charge in [0.15, 0.2) is 5.78 Å². The van der Waals surface area contributed by atoms with Crippen molar-refractivity contribution >= 4 is 34.9 Å². The summed E-state index contributed by atoms with van der Waals surface area (Å²) < 4.78 is 1.11. The second-order valence-electron chi connectivity index (χ2n) is 4.50. The van der Waals surface area contributed by atoms with E-state index in [9.17, 15) is 4.79 Å². The zero-order valence-corrected chi connectivity index (χ0v) is 12.6. The molecule has 0 saturated carbocycles. The lowest BCUT2D eigenvalue weighted by Crippen LogP contribution is -2.07. The summed E-state index contributed by atoms with van der Waals surface area (Å²) in [6, 6.07) is 11.6. The maximum absolute atomic E-state index is 12.8. The summed E-state index contributed by atoms with van der Waals surface area (Å²) in [4.78, 5) is 16.9. The fraction of sp³-hybridized carbons (Fsp3) is 0.125. The number of allylic oxidation sites excluding steroid dienone is 1. The first kappa shape index (κ1) is 13.5. The number of Topliss-reactive ketones (excluding diaryl/α,β-unsaturated/α-hetero) is 1. The Morgan fingerprint density at radius 1 is 1.10 bits per heavy atom. The third-order valence-corrected chi connectivity index (χ3v) is 5.64. The van der Waals surface area contributed by atoms with Crippen LogP contribution in [-0.4, -0.2) is 15.9 Å². The van der Waals surface area contributed by atoms with Crippen LogP contribution < -0.4 is 0 Å². The van der Waals surface area contributed by atoms with Crippen LogP contribution in [0.2, 0.25) is 0 Å². The van der Waals surface area contributed by atoms with Crippen molar-refractivity contribution in [3.05, 3.63) is 69.7 Å². The minimum Gasteiger partial charge on any atom is -0.289 e. The van der Waals surface area contributed by atoms with E-state index in [0.717, 1.165) is 31.6 Å². The molecule has 2 nitrogen and oxygen atoms in total. The largest absolute Gasteiger partial charge is 0.289 e. The van der Waals surface area contributed by atoms with Crippen LogP contribution >= 0.6 is 23.5 Å². The summed E-state index contributed by atoms with van der Waals surface area (Å²) in [6.07, 6.45) is 3.46. The topological polar surface area (TPSA) is 30.0 Å². The van der Waals surface area contributed by atoms with E-state index in [1.165, 1.54) is 0 Å². The summed E-state index contributed by atoms with van der Waals surface area (Å²) in [5.41, 5.74) is 3.60. The van der Waals surface area contributed by atoms with E-state index in [2.05, 4.69) is 4.98 Å². The third-order valence-electron chi connectivity index (χ3n) is 3.06. The van der Waals surface area contributed by atoms with E-state index in [4.69, 9.17) is 0 Å². The predicted octanol–water partition coefficient (Wildman–Crippen LogP) is 4.38. The second-order valence-corrected chi connectivity index (χ2v) is 7.10. The lowest BCUT2D eigenvalue weighted by atomic mass is 9.98. The van der Waals surface area contributed by atoms with Crippen molar-refractivity contribution in [2.45, 2.75) is 6.92 Å². The van der Waals surface area contributed by atoms with E-state index in [1.807, 2.05) is 43.3 Å². The van der Waals surface area contributed by atoms with Gasteiger partial charge in [0.2, 0.25) is 0 Å². The molecule has 100 valence electrons. The van der Waals surface area contributed by atoms with E-state index < -0.39 is 0 Å². The third kappa shape index (κ3) is 2.67. The Morgan fingerprint density at radius 2 is 1.85 bits per heavy atom. The van der Waals surface area contributed by atoms with Gasteiger partial charge in [0.1, 0.15) is 0 Å². The number of pyridine rings is 1. The second kappa shape index (κ2) is 5.85. The normalized spacial score (nSPS) is 13.8. The Bertz CT molecular complexity index is 674. The Hall–Kier alpha value is -1.52. The molecule has 0 spiro atoms. The summed E-state index contributed by atoms with van der Waals surface area (Å²) in [5.74, 6) is 0.0922. The Morgan fingerprint density at radius 3 is 2.45 bits per heavy atom. The average molecular weight is 299 g/mol. The Labute approximate surface area is 126 Å². The van der Waals surface area contributed by atoms with Crippen LogP contribution in [0.3, 0.4) is 0 Å². The number of thioether (sulfide) groups is 2. The molecule has 1 aromatic carbocycles. The smallest absolute Gasteiger partial charge is 0.195 e. The van der Waals surface area contributed by atoms with E-state index in [1.54, 1.807) is 35.9 Å². The van der Waals surface area contributed by atoms with Crippen molar-refractivity contribution in [1.82, 2.24) is 4.98 Å². The maximum atomic E-state index is 12.8. The number of carbonyl (C=O) groups is 1. The highest BCUT2D eigenvalue weighted by Crippen LogP contribution is 2.48. The molecular formula is C16H13NOS2. The molecule has 20 heavy (non-hydrogen) atoms. The molecular weight excluding hydrogens is 286 g/mol.